The largest absolute Gasteiger partial charge is 1.00 e. The summed E-state index contributed by atoms with van der Waals surface area (Å²) in [6, 6.07) is 22.2. The SMILES string of the molecule is Cc1cc(S(=O)(=O)O)ccc1N=Nc1ccc(N=Nc2c(S(=O)(=O)O)cc3cc(N=C([O-])c4ccc(N=Nc5c(S(=O)(=O)O)cc6cc(NC(N)=O)ccc6c5[O-])cc4)ccc3c2[O-])c(C)c1.[Na+].[Na+].[Na+]. The molecule has 2 amide bonds. The molecule has 0 radical (unpaired) electrons. The van der Waals surface area contributed by atoms with Gasteiger partial charge in [-0.25, -0.2) is 4.79 Å². The topological polar surface area (TPSA) is 374 Å². The second kappa shape index (κ2) is 23.0. The zero-order valence-corrected chi connectivity index (χ0v) is 45.7. The molecule has 7 aromatic rings. The minimum Gasteiger partial charge on any atom is -0.871 e. The van der Waals surface area contributed by atoms with Crippen molar-refractivity contribution in [2.75, 3.05) is 5.32 Å². The number of carbonyl (C=O) groups is 1. The van der Waals surface area contributed by atoms with Crippen molar-refractivity contribution < 1.29 is 148 Å². The first-order valence-corrected chi connectivity index (χ1v) is 23.2. The Labute approximate surface area is 464 Å². The molecule has 22 nitrogen and oxygen atoms in total. The van der Waals surface area contributed by atoms with Crippen molar-refractivity contribution in [2.24, 2.45) is 41.4 Å². The number of benzene rings is 7. The van der Waals surface area contributed by atoms with E-state index < -0.39 is 74.9 Å². The van der Waals surface area contributed by atoms with Gasteiger partial charge >= 0.3 is 94.7 Å². The molecule has 0 fully saturated rings. The molecule has 0 unspecified atom stereocenters. The van der Waals surface area contributed by atoms with E-state index in [-0.39, 0.29) is 143 Å². The number of amides is 2. The molecule has 0 aromatic heterocycles. The molecule has 0 bridgehead atoms. The summed E-state index contributed by atoms with van der Waals surface area (Å²) in [4.78, 5) is 13.2. The summed E-state index contributed by atoms with van der Waals surface area (Å²) in [5.41, 5.74) is 5.68. The molecule has 0 aliphatic rings. The number of hydrogen-bond donors (Lipinski definition) is 5. The van der Waals surface area contributed by atoms with Crippen molar-refractivity contribution in [1.29, 1.82) is 0 Å². The Balaban J connectivity index is 0.00000355. The maximum Gasteiger partial charge on any atom is 1.00 e. The third-order valence-electron chi connectivity index (χ3n) is 9.66. The van der Waals surface area contributed by atoms with Crippen LogP contribution in [0.3, 0.4) is 0 Å². The fourth-order valence-electron chi connectivity index (χ4n) is 6.43. The van der Waals surface area contributed by atoms with Gasteiger partial charge in [0.15, 0.2) is 0 Å². The first kappa shape index (κ1) is 57.5. The summed E-state index contributed by atoms with van der Waals surface area (Å²) in [6.07, 6.45) is 0. The van der Waals surface area contributed by atoms with Crippen LogP contribution in [-0.2, 0) is 30.4 Å². The first-order valence-electron chi connectivity index (χ1n) is 18.8. The van der Waals surface area contributed by atoms with Gasteiger partial charge in [-0.2, -0.15) is 45.7 Å². The van der Waals surface area contributed by atoms with Crippen molar-refractivity contribution in [2.45, 2.75) is 28.5 Å². The number of urea groups is 1. The van der Waals surface area contributed by atoms with E-state index in [1.807, 2.05) is 0 Å². The van der Waals surface area contributed by atoms with Gasteiger partial charge in [0.2, 0.25) is 0 Å². The number of rotatable bonds is 12. The van der Waals surface area contributed by atoms with E-state index >= 15 is 0 Å². The number of primary amides is 1. The van der Waals surface area contributed by atoms with Crippen LogP contribution in [0.25, 0.3) is 21.5 Å². The standard InChI is InChI=1S/C42H33N9O13S3.3Na/c1-21-15-29(47-48-34-14-10-30(16-22(34)2)65(56,57)58)9-13-33(21)49-51-38-36(67(62,63)64)19-24-17-27(7-11-31(24)40(38)53)44-41(54)23-3-5-26(6-4-23)46-50-37-35(66(59,60)61)20-25-18-28(45-42(43)55)8-12-32(25)39(37)52;;;/h3-20,52-53H,1-2H3,(H,44,54)(H3,43,45,55)(H,56,57,58)(H,59,60,61)(H,62,63,64);;;/q;3*+1/p-3. The van der Waals surface area contributed by atoms with Gasteiger partial charge in [0, 0.05) is 5.69 Å². The van der Waals surface area contributed by atoms with E-state index in [0.717, 1.165) is 12.1 Å². The number of hydrogen-bond acceptors (Lipinski definition) is 17. The molecule has 6 N–H and O–H groups in total. The van der Waals surface area contributed by atoms with E-state index in [0.29, 0.717) is 22.5 Å². The van der Waals surface area contributed by atoms with Crippen LogP contribution in [0, 0.1) is 13.8 Å². The predicted molar refractivity (Wildman–Crippen MR) is 237 cm³/mol. The Kier molecular flexibility index (Phi) is 18.9. The Morgan fingerprint density at radius 2 is 1.01 bits per heavy atom. The van der Waals surface area contributed by atoms with E-state index in [1.54, 1.807) is 19.9 Å². The molecular weight excluding hydrogens is 1000 g/mol. The number of nitrogens with two attached hydrogens (primary N) is 1. The molecule has 0 aliphatic heterocycles. The number of aryl methyl sites for hydroxylation is 2. The van der Waals surface area contributed by atoms with Crippen molar-refractivity contribution in [3.63, 3.8) is 0 Å². The normalized spacial score (nSPS) is 12.3. The Morgan fingerprint density at radius 3 is 1.54 bits per heavy atom. The Bertz CT molecular complexity index is 3690. The molecule has 0 saturated carbocycles. The van der Waals surface area contributed by atoms with Crippen LogP contribution < -0.4 is 115 Å². The smallest absolute Gasteiger partial charge is 0.871 e. The van der Waals surface area contributed by atoms with E-state index in [4.69, 9.17) is 5.73 Å². The molecule has 0 heterocycles. The average molecular weight is 1030 g/mol. The van der Waals surface area contributed by atoms with Crippen molar-refractivity contribution in [3.8, 4) is 11.5 Å². The number of aliphatic imine (C=N–C) groups is 1. The molecular formula is C42H30N9Na3O13S3. The molecule has 28 heteroatoms. The van der Waals surface area contributed by atoms with Gasteiger partial charge in [-0.15, -0.1) is 10.2 Å². The van der Waals surface area contributed by atoms with Crippen LogP contribution in [0.4, 0.5) is 50.3 Å². The monoisotopic (exact) mass is 1030 g/mol. The molecule has 7 aromatic carbocycles. The summed E-state index contributed by atoms with van der Waals surface area (Å²) >= 11 is 0. The number of nitrogens with one attached hydrogen (secondary N) is 1. The summed E-state index contributed by atoms with van der Waals surface area (Å²) in [7, 11) is -14.5. The number of anilines is 1. The van der Waals surface area contributed by atoms with Crippen molar-refractivity contribution in [1.82, 2.24) is 0 Å². The van der Waals surface area contributed by atoms with E-state index in [1.165, 1.54) is 91.0 Å². The Hall–Kier alpha value is -5.07. The van der Waals surface area contributed by atoms with Gasteiger partial charge < -0.3 is 26.4 Å². The zero-order valence-electron chi connectivity index (χ0n) is 37.2. The van der Waals surface area contributed by atoms with Crippen LogP contribution in [0.5, 0.6) is 11.5 Å². The van der Waals surface area contributed by atoms with Crippen molar-refractivity contribution >= 4 is 109 Å². The average Bonchev–Trinajstić information content (AvgIpc) is 3.24. The maximum absolute atomic E-state index is 13.6. The van der Waals surface area contributed by atoms with Gasteiger partial charge in [0.1, 0.15) is 9.79 Å². The van der Waals surface area contributed by atoms with E-state index in [2.05, 4.69) is 41.0 Å². The molecule has 0 spiro atoms. The number of azo groups is 3. The second-order valence-corrected chi connectivity index (χ2v) is 18.5. The first-order chi connectivity index (χ1) is 31.5. The summed E-state index contributed by atoms with van der Waals surface area (Å²) in [5, 5.41) is 66.1. The Morgan fingerprint density at radius 1 is 0.543 bits per heavy atom. The third-order valence-corrected chi connectivity index (χ3v) is 12.2. The predicted octanol–water partition coefficient (Wildman–Crippen LogP) is -1.32. The van der Waals surface area contributed by atoms with Crippen LogP contribution >= 0.6 is 0 Å². The van der Waals surface area contributed by atoms with Gasteiger partial charge in [-0.3, -0.25) is 18.7 Å². The second-order valence-electron chi connectivity index (χ2n) is 14.3. The molecule has 0 aliphatic carbocycles. The molecule has 342 valence electrons. The van der Waals surface area contributed by atoms with Crippen molar-refractivity contribution in [3.05, 3.63) is 126 Å². The molecule has 0 atom stereocenters. The number of carbonyl (C=O) groups excluding carboxylic acids is 1. The quantitative estimate of drug-likeness (QED) is 0.0312. The van der Waals surface area contributed by atoms with Crippen LogP contribution in [-0.4, -0.2) is 50.8 Å². The fourth-order valence-corrected chi connectivity index (χ4v) is 8.30. The maximum atomic E-state index is 13.6. The fraction of sp³-hybridized carbons (Fsp3) is 0.0476. The minimum absolute atomic E-state index is 0. The van der Waals surface area contributed by atoms with E-state index in [9.17, 15) is 59.0 Å². The number of fused-ring (bicyclic) bond motifs is 2. The third kappa shape index (κ3) is 13.5. The molecule has 7 rings (SSSR count). The van der Waals surface area contributed by atoms with Gasteiger partial charge in [0.25, 0.3) is 30.4 Å². The summed E-state index contributed by atoms with van der Waals surface area (Å²) < 4.78 is 102. The minimum atomic E-state index is -5.07. The molecule has 70 heavy (non-hydrogen) atoms. The van der Waals surface area contributed by atoms with Crippen LogP contribution in [0.15, 0.2) is 160 Å². The van der Waals surface area contributed by atoms with Crippen LogP contribution in [0.2, 0.25) is 0 Å². The van der Waals surface area contributed by atoms with Gasteiger partial charge in [-0.05, 0) is 143 Å². The van der Waals surface area contributed by atoms with Gasteiger partial charge in [-0.1, -0.05) is 35.8 Å². The van der Waals surface area contributed by atoms with Crippen LogP contribution in [0.1, 0.15) is 16.7 Å². The summed E-state index contributed by atoms with van der Waals surface area (Å²) in [5.74, 6) is -2.62. The summed E-state index contributed by atoms with van der Waals surface area (Å²) in [6.45, 7) is 3.21. The molecule has 0 saturated heterocycles. The zero-order chi connectivity index (χ0) is 48.6. The van der Waals surface area contributed by atoms with Gasteiger partial charge in [0.05, 0.1) is 44.7 Å². The number of nitrogens with zero attached hydrogens (tertiary/aromatic N) is 7.